The molecule has 1 unspecified atom stereocenters. The summed E-state index contributed by atoms with van der Waals surface area (Å²) in [5.41, 5.74) is 1.71. The Kier molecular flexibility index (Phi) is 4.53. The fourth-order valence-corrected chi connectivity index (χ4v) is 3.88. The highest BCUT2D eigenvalue weighted by Crippen LogP contribution is 2.32. The van der Waals surface area contributed by atoms with Crippen LogP contribution in [0.4, 0.5) is 16.5 Å². The van der Waals surface area contributed by atoms with Crippen LogP contribution >= 0.6 is 11.3 Å². The van der Waals surface area contributed by atoms with E-state index in [9.17, 15) is 14.4 Å². The minimum Gasteiger partial charge on any atom is -0.479 e. The average molecular weight is 386 g/mol. The van der Waals surface area contributed by atoms with Gasteiger partial charge in [0.25, 0.3) is 5.91 Å². The first-order valence-electron chi connectivity index (χ1n) is 8.66. The van der Waals surface area contributed by atoms with Gasteiger partial charge >= 0.3 is 0 Å². The molecular formula is C18H18N4O4S. The predicted octanol–water partition coefficient (Wildman–Crippen LogP) is 2.17. The Labute approximate surface area is 159 Å². The summed E-state index contributed by atoms with van der Waals surface area (Å²) >= 11 is 1.37. The molecule has 0 spiro atoms. The molecule has 0 aliphatic carbocycles. The van der Waals surface area contributed by atoms with Crippen LogP contribution in [0.5, 0.6) is 5.75 Å². The van der Waals surface area contributed by atoms with Crippen molar-refractivity contribution < 1.29 is 19.1 Å². The van der Waals surface area contributed by atoms with Crippen molar-refractivity contribution >= 4 is 45.6 Å². The summed E-state index contributed by atoms with van der Waals surface area (Å²) in [5, 5.41) is 7.98. The quantitative estimate of drug-likeness (QED) is 0.839. The number of hydrogen-bond acceptors (Lipinski definition) is 6. The van der Waals surface area contributed by atoms with E-state index >= 15 is 0 Å². The number of ether oxygens (including phenoxy) is 1. The molecule has 3 amide bonds. The second kappa shape index (κ2) is 6.99. The number of amides is 3. The van der Waals surface area contributed by atoms with Crippen molar-refractivity contribution in [3.05, 3.63) is 29.3 Å². The van der Waals surface area contributed by atoms with Gasteiger partial charge in [-0.25, -0.2) is 4.98 Å². The second-order valence-corrected chi connectivity index (χ2v) is 7.29. The van der Waals surface area contributed by atoms with Gasteiger partial charge in [-0.2, -0.15) is 0 Å². The van der Waals surface area contributed by atoms with Crippen LogP contribution in [0.15, 0.2) is 23.6 Å². The SMILES string of the molecule is CC1Oc2ccc(NC(=O)Cc3csc(N4CCCC4=O)n3)cc2NC1=O. The number of carbonyl (C=O) groups excluding carboxylic acids is 3. The zero-order chi connectivity index (χ0) is 19.0. The zero-order valence-corrected chi connectivity index (χ0v) is 15.5. The van der Waals surface area contributed by atoms with Gasteiger partial charge in [0.1, 0.15) is 5.75 Å². The number of hydrogen-bond donors (Lipinski definition) is 2. The largest absolute Gasteiger partial charge is 0.479 e. The Morgan fingerprint density at radius 2 is 2.30 bits per heavy atom. The molecule has 8 nitrogen and oxygen atoms in total. The molecule has 1 fully saturated rings. The molecule has 2 aromatic rings. The van der Waals surface area contributed by atoms with Gasteiger partial charge in [-0.05, 0) is 31.5 Å². The molecule has 1 atom stereocenters. The standard InChI is InChI=1S/C18H18N4O4S/c1-10-17(25)21-13-7-11(4-5-14(13)26-10)19-15(23)8-12-9-27-18(20-12)22-6-2-3-16(22)24/h4-5,7,9-10H,2-3,6,8H2,1H3,(H,19,23)(H,21,25). The second-order valence-electron chi connectivity index (χ2n) is 6.46. The number of thiazole rings is 1. The van der Waals surface area contributed by atoms with Crippen molar-refractivity contribution in [3.8, 4) is 5.75 Å². The normalized spacial score (nSPS) is 18.7. The maximum Gasteiger partial charge on any atom is 0.265 e. The van der Waals surface area contributed by atoms with Gasteiger partial charge in [-0.3, -0.25) is 19.3 Å². The number of anilines is 3. The summed E-state index contributed by atoms with van der Waals surface area (Å²) in [6.07, 6.45) is 0.952. The molecular weight excluding hydrogens is 368 g/mol. The van der Waals surface area contributed by atoms with Crippen LogP contribution in [-0.4, -0.2) is 35.4 Å². The summed E-state index contributed by atoms with van der Waals surface area (Å²) < 4.78 is 5.49. The van der Waals surface area contributed by atoms with Gasteiger partial charge in [0.05, 0.1) is 17.8 Å². The van der Waals surface area contributed by atoms with Crippen molar-refractivity contribution in [2.75, 3.05) is 22.1 Å². The van der Waals surface area contributed by atoms with E-state index in [1.165, 1.54) is 11.3 Å². The van der Waals surface area contributed by atoms with Crippen molar-refractivity contribution in [3.63, 3.8) is 0 Å². The minimum atomic E-state index is -0.542. The van der Waals surface area contributed by atoms with Crippen molar-refractivity contribution in [1.29, 1.82) is 0 Å². The molecule has 2 aliphatic heterocycles. The molecule has 1 aromatic heterocycles. The van der Waals surface area contributed by atoms with Crippen LogP contribution in [0.2, 0.25) is 0 Å². The molecule has 0 radical (unpaired) electrons. The molecule has 3 heterocycles. The summed E-state index contributed by atoms with van der Waals surface area (Å²) in [7, 11) is 0. The third kappa shape index (κ3) is 3.63. The van der Waals surface area contributed by atoms with E-state index in [4.69, 9.17) is 4.74 Å². The van der Waals surface area contributed by atoms with E-state index in [2.05, 4.69) is 15.6 Å². The Morgan fingerprint density at radius 3 is 3.07 bits per heavy atom. The summed E-state index contributed by atoms with van der Waals surface area (Å²) in [4.78, 5) is 41.9. The first-order chi connectivity index (χ1) is 13.0. The number of rotatable bonds is 4. The topological polar surface area (TPSA) is 101 Å². The Bertz CT molecular complexity index is 926. The smallest absolute Gasteiger partial charge is 0.265 e. The molecule has 2 N–H and O–H groups in total. The van der Waals surface area contributed by atoms with Gasteiger partial charge in [0, 0.05) is 24.0 Å². The zero-order valence-electron chi connectivity index (χ0n) is 14.7. The van der Waals surface area contributed by atoms with Crippen LogP contribution in [-0.2, 0) is 20.8 Å². The molecule has 0 bridgehead atoms. The lowest BCUT2D eigenvalue weighted by Gasteiger charge is -2.23. The minimum absolute atomic E-state index is 0.0768. The molecule has 2 aliphatic rings. The molecule has 9 heteroatoms. The summed E-state index contributed by atoms with van der Waals surface area (Å²) in [6, 6.07) is 5.09. The Hall–Kier alpha value is -2.94. The maximum absolute atomic E-state index is 12.3. The van der Waals surface area contributed by atoms with Crippen LogP contribution in [0, 0.1) is 0 Å². The van der Waals surface area contributed by atoms with Gasteiger partial charge in [-0.1, -0.05) is 0 Å². The molecule has 140 valence electrons. The van der Waals surface area contributed by atoms with E-state index in [1.54, 1.807) is 35.4 Å². The third-order valence-corrected chi connectivity index (χ3v) is 5.29. The lowest BCUT2D eigenvalue weighted by atomic mass is 10.2. The highest BCUT2D eigenvalue weighted by Gasteiger charge is 2.25. The highest BCUT2D eigenvalue weighted by molar-refractivity contribution is 7.14. The van der Waals surface area contributed by atoms with Gasteiger partial charge in [0.15, 0.2) is 11.2 Å². The van der Waals surface area contributed by atoms with Crippen LogP contribution < -0.4 is 20.3 Å². The van der Waals surface area contributed by atoms with E-state index in [0.29, 0.717) is 40.9 Å². The number of carbonyl (C=O) groups is 3. The number of benzene rings is 1. The lowest BCUT2D eigenvalue weighted by molar-refractivity contribution is -0.122. The van der Waals surface area contributed by atoms with E-state index in [1.807, 2.05) is 0 Å². The van der Waals surface area contributed by atoms with Gasteiger partial charge in [-0.15, -0.1) is 11.3 Å². The van der Waals surface area contributed by atoms with E-state index in [0.717, 1.165) is 6.42 Å². The number of fused-ring (bicyclic) bond motifs is 1. The third-order valence-electron chi connectivity index (χ3n) is 4.38. The fraction of sp³-hybridized carbons (Fsp3) is 0.333. The molecule has 1 aromatic carbocycles. The fourth-order valence-electron chi connectivity index (χ4n) is 3.01. The van der Waals surface area contributed by atoms with Crippen molar-refractivity contribution in [2.24, 2.45) is 0 Å². The Morgan fingerprint density at radius 1 is 1.44 bits per heavy atom. The van der Waals surface area contributed by atoms with Crippen LogP contribution in [0.3, 0.4) is 0 Å². The molecule has 1 saturated heterocycles. The van der Waals surface area contributed by atoms with Crippen LogP contribution in [0.25, 0.3) is 0 Å². The average Bonchev–Trinajstić information content (AvgIpc) is 3.24. The first-order valence-corrected chi connectivity index (χ1v) is 9.54. The lowest BCUT2D eigenvalue weighted by Crippen LogP contribution is -2.34. The maximum atomic E-state index is 12.3. The van der Waals surface area contributed by atoms with Crippen molar-refractivity contribution in [2.45, 2.75) is 32.3 Å². The summed E-state index contributed by atoms with van der Waals surface area (Å²) in [5.74, 6) is 0.195. The highest BCUT2D eigenvalue weighted by atomic mass is 32.1. The summed E-state index contributed by atoms with van der Waals surface area (Å²) in [6.45, 7) is 2.35. The van der Waals surface area contributed by atoms with Gasteiger partial charge in [0.2, 0.25) is 11.8 Å². The first kappa shape index (κ1) is 17.5. The van der Waals surface area contributed by atoms with E-state index < -0.39 is 6.10 Å². The predicted molar refractivity (Wildman–Crippen MR) is 101 cm³/mol. The molecule has 4 rings (SSSR count). The number of aromatic nitrogens is 1. The number of nitrogens with one attached hydrogen (secondary N) is 2. The number of nitrogens with zero attached hydrogens (tertiary/aromatic N) is 2. The van der Waals surface area contributed by atoms with Crippen molar-refractivity contribution in [1.82, 2.24) is 4.98 Å². The molecule has 0 saturated carbocycles. The van der Waals surface area contributed by atoms with Crippen LogP contribution in [0.1, 0.15) is 25.5 Å². The Balaban J connectivity index is 1.40. The molecule has 27 heavy (non-hydrogen) atoms. The monoisotopic (exact) mass is 386 g/mol. The van der Waals surface area contributed by atoms with Gasteiger partial charge < -0.3 is 15.4 Å². The van der Waals surface area contributed by atoms with E-state index in [-0.39, 0.29) is 24.1 Å².